The van der Waals surface area contributed by atoms with Crippen LogP contribution in [0.4, 0.5) is 0 Å². The minimum atomic E-state index is -4.42. The highest BCUT2D eigenvalue weighted by Gasteiger charge is 2.22. The molecule has 0 atom stereocenters. The number of hydrogen-bond acceptors (Lipinski definition) is 8. The minimum Gasteiger partial charge on any atom is -0.461 e. The number of ether oxygens (including phenoxy) is 3. The molecule has 12 radical (unpaired) electrons. The molecule has 0 spiro atoms. The summed E-state index contributed by atoms with van der Waals surface area (Å²) in [5.41, 5.74) is 3.12. The molecule has 0 unspecified atom stereocenters. The molecule has 0 fully saturated rings. The van der Waals surface area contributed by atoms with Gasteiger partial charge in [0.2, 0.25) is 0 Å². The summed E-state index contributed by atoms with van der Waals surface area (Å²) in [5.74, 6) is -4.14. The summed E-state index contributed by atoms with van der Waals surface area (Å²) in [7, 11) is 30.6. The van der Waals surface area contributed by atoms with Gasteiger partial charge < -0.3 is 14.2 Å². The number of carbonyl (C=O) groups is 3. The zero-order valence-corrected chi connectivity index (χ0v) is 25.1. The first kappa shape index (κ1) is 35.8. The van der Waals surface area contributed by atoms with Crippen molar-refractivity contribution < 1.29 is 41.6 Å². The summed E-state index contributed by atoms with van der Waals surface area (Å²) in [6.45, 7) is -0.683. The fourth-order valence-electron chi connectivity index (χ4n) is 4.50. The maximum absolute atomic E-state index is 13.4. The summed E-state index contributed by atoms with van der Waals surface area (Å²) in [5, 5.41) is 0. The lowest BCUT2D eigenvalue weighted by molar-refractivity contribution is 0.0523. The number of benzene rings is 3. The predicted octanol–water partition coefficient (Wildman–Crippen LogP) is 1.18. The summed E-state index contributed by atoms with van der Waals surface area (Å²) in [4.78, 5) is 39.5. The van der Waals surface area contributed by atoms with E-state index < -0.39 is 40.4 Å². The standard InChI is InChI=1S/C29H24B6O9S/c30-10-16-3-19(12-32)25(14-34)23(5-16)28(37)43-21-7-18(27(36)42-1-2-45(39,40)41)8-22(9-21)44-29(38)24-6-17(11-31)4-20(13-33)26(24)15-35/h3-9H,1-2,10-15H2,(H,39,40,41). The van der Waals surface area contributed by atoms with Gasteiger partial charge in [-0.2, -0.15) is 8.42 Å². The zero-order valence-electron chi connectivity index (χ0n) is 24.3. The van der Waals surface area contributed by atoms with Crippen LogP contribution in [0.5, 0.6) is 11.5 Å². The average molecular weight is 613 g/mol. The first-order chi connectivity index (χ1) is 21.4. The van der Waals surface area contributed by atoms with Crippen LogP contribution in [0.15, 0.2) is 42.5 Å². The maximum Gasteiger partial charge on any atom is 0.343 e. The Labute approximate surface area is 270 Å². The van der Waals surface area contributed by atoms with Gasteiger partial charge in [-0.1, -0.05) is 72.3 Å². The van der Waals surface area contributed by atoms with Crippen LogP contribution in [-0.4, -0.2) is 90.3 Å². The van der Waals surface area contributed by atoms with E-state index in [1.54, 1.807) is 12.1 Å². The SMILES string of the molecule is [B]Cc1cc(C[B])c(C[B])c(C(=O)Oc2cc(OC(=O)c3cc(C[B])cc(C[B])c3C[B])cc(C(=O)OCCS(=O)(=O)O)c2)c1. The van der Waals surface area contributed by atoms with E-state index in [1.165, 1.54) is 18.2 Å². The third-order valence-electron chi connectivity index (χ3n) is 6.67. The molecule has 0 saturated heterocycles. The quantitative estimate of drug-likeness (QED) is 0.123. The van der Waals surface area contributed by atoms with Crippen LogP contribution >= 0.6 is 0 Å². The van der Waals surface area contributed by atoms with Gasteiger partial charge >= 0.3 is 17.9 Å². The Morgan fingerprint density at radius 1 is 0.600 bits per heavy atom. The van der Waals surface area contributed by atoms with Crippen LogP contribution in [0.25, 0.3) is 0 Å². The second kappa shape index (κ2) is 16.1. The number of rotatable bonds is 14. The molecule has 0 aliphatic rings. The van der Waals surface area contributed by atoms with Crippen molar-refractivity contribution in [1.29, 1.82) is 0 Å². The lowest BCUT2D eigenvalue weighted by atomic mass is 9.81. The summed E-state index contributed by atoms with van der Waals surface area (Å²) in [6, 6.07) is 9.89. The largest absolute Gasteiger partial charge is 0.461 e. The molecule has 0 aromatic heterocycles. The molecule has 3 aromatic rings. The first-order valence-corrected chi connectivity index (χ1v) is 15.2. The Kier molecular flexibility index (Phi) is 12.8. The molecule has 3 rings (SSSR count). The van der Waals surface area contributed by atoms with Crippen molar-refractivity contribution in [2.75, 3.05) is 12.4 Å². The van der Waals surface area contributed by atoms with Gasteiger partial charge in [0.15, 0.2) is 0 Å². The summed E-state index contributed by atoms with van der Waals surface area (Å²) in [6.07, 6.45) is 0.277. The highest BCUT2D eigenvalue weighted by atomic mass is 32.2. The van der Waals surface area contributed by atoms with Crippen molar-refractivity contribution in [3.05, 3.63) is 92.5 Å². The molecule has 9 nitrogen and oxygen atoms in total. The van der Waals surface area contributed by atoms with Gasteiger partial charge in [-0.25, -0.2) is 14.4 Å². The number of carbonyl (C=O) groups excluding carboxylic acids is 3. The van der Waals surface area contributed by atoms with Gasteiger partial charge in [-0.05, 0) is 35.4 Å². The number of hydrogen-bond donors (Lipinski definition) is 1. The van der Waals surface area contributed by atoms with E-state index in [0.29, 0.717) is 33.4 Å². The van der Waals surface area contributed by atoms with Gasteiger partial charge in [0, 0.05) is 6.07 Å². The molecule has 0 heterocycles. The Hall–Kier alpha value is -3.63. The van der Waals surface area contributed by atoms with E-state index in [1.807, 2.05) is 0 Å². The average Bonchev–Trinajstić information content (AvgIpc) is 3.02. The van der Waals surface area contributed by atoms with E-state index >= 15 is 0 Å². The molecule has 0 aliphatic carbocycles. The zero-order chi connectivity index (χ0) is 33.3. The topological polar surface area (TPSA) is 133 Å². The molecule has 0 aliphatic heterocycles. The first-order valence-electron chi connectivity index (χ1n) is 13.6. The van der Waals surface area contributed by atoms with E-state index in [-0.39, 0.29) is 66.1 Å². The van der Waals surface area contributed by atoms with Crippen LogP contribution in [0.2, 0.25) is 0 Å². The third-order valence-corrected chi connectivity index (χ3v) is 7.36. The molecular formula is C29H24B6O9S. The van der Waals surface area contributed by atoms with Gasteiger partial charge in [0.05, 0.1) is 63.8 Å². The highest BCUT2D eigenvalue weighted by molar-refractivity contribution is 7.85. The molecule has 0 bridgehead atoms. The van der Waals surface area contributed by atoms with E-state index in [9.17, 15) is 22.8 Å². The molecule has 3 aromatic carbocycles. The van der Waals surface area contributed by atoms with Crippen LogP contribution in [0, 0.1) is 0 Å². The van der Waals surface area contributed by atoms with Gasteiger partial charge in [-0.3, -0.25) is 4.55 Å². The van der Waals surface area contributed by atoms with Gasteiger partial charge in [0.1, 0.15) is 23.9 Å². The second-order valence-electron chi connectivity index (χ2n) is 9.68. The number of esters is 3. The van der Waals surface area contributed by atoms with Crippen molar-refractivity contribution in [3.8, 4) is 11.5 Å². The van der Waals surface area contributed by atoms with Crippen LogP contribution < -0.4 is 9.47 Å². The van der Waals surface area contributed by atoms with Crippen molar-refractivity contribution in [2.45, 2.75) is 37.9 Å². The molecule has 0 saturated carbocycles. The Morgan fingerprint density at radius 2 is 1.04 bits per heavy atom. The third kappa shape index (κ3) is 9.43. The Balaban J connectivity index is 2.05. The Morgan fingerprint density at radius 3 is 1.40 bits per heavy atom. The van der Waals surface area contributed by atoms with Crippen molar-refractivity contribution in [2.24, 2.45) is 0 Å². The lowest BCUT2D eigenvalue weighted by Gasteiger charge is -2.17. The predicted molar refractivity (Wildman–Crippen MR) is 173 cm³/mol. The lowest BCUT2D eigenvalue weighted by Crippen LogP contribution is -2.17. The smallest absolute Gasteiger partial charge is 0.343 e. The van der Waals surface area contributed by atoms with E-state index in [4.69, 9.17) is 65.8 Å². The fraction of sp³-hybridized carbons (Fsp3) is 0.276. The Bertz CT molecular complexity index is 1600. The fourth-order valence-corrected chi connectivity index (χ4v) is 4.79. The second-order valence-corrected chi connectivity index (χ2v) is 11.3. The van der Waals surface area contributed by atoms with Gasteiger partial charge in [0.25, 0.3) is 10.1 Å². The monoisotopic (exact) mass is 614 g/mol. The van der Waals surface area contributed by atoms with E-state index in [0.717, 1.165) is 12.1 Å². The van der Waals surface area contributed by atoms with Crippen LogP contribution in [0.1, 0.15) is 64.5 Å². The van der Waals surface area contributed by atoms with Gasteiger partial charge in [-0.15, -0.1) is 0 Å². The molecule has 0 amide bonds. The molecule has 16 heteroatoms. The highest BCUT2D eigenvalue weighted by Crippen LogP contribution is 2.28. The maximum atomic E-state index is 13.4. The molecular weight excluding hydrogens is 589 g/mol. The summed E-state index contributed by atoms with van der Waals surface area (Å²) < 4.78 is 47.2. The molecule has 1 N–H and O–H groups in total. The van der Waals surface area contributed by atoms with E-state index in [2.05, 4.69) is 0 Å². The van der Waals surface area contributed by atoms with Crippen molar-refractivity contribution in [3.63, 3.8) is 0 Å². The van der Waals surface area contributed by atoms with Crippen molar-refractivity contribution >= 4 is 75.1 Å². The normalized spacial score (nSPS) is 11.1. The summed E-state index contributed by atoms with van der Waals surface area (Å²) >= 11 is 0. The van der Waals surface area contributed by atoms with Crippen LogP contribution in [0.3, 0.4) is 0 Å². The molecule has 218 valence electrons. The van der Waals surface area contributed by atoms with Crippen LogP contribution in [-0.2, 0) is 52.8 Å². The molecule has 45 heavy (non-hydrogen) atoms. The minimum absolute atomic E-state index is 0.0407. The van der Waals surface area contributed by atoms with Crippen molar-refractivity contribution in [1.82, 2.24) is 0 Å².